The Morgan fingerprint density at radius 3 is 2.79 bits per heavy atom. The Labute approximate surface area is 138 Å². The number of aryl methyl sites for hydroxylation is 1. The first kappa shape index (κ1) is 14.8. The standard InChI is InChI=1S/C19H18N2O3/c1-10-6-7-16(22)13(8-10)18-17-12(9-15(21-18)19(23)24)11-4-2-3-5-14(11)20-17/h2-8,15,18,20-22H,9H2,1H3,(H,23,24)/t15-,18+/m0/s1. The monoisotopic (exact) mass is 322 g/mol. The number of H-pyrrole nitrogens is 1. The number of aromatic amines is 1. The number of aromatic nitrogens is 1. The molecule has 1 aliphatic heterocycles. The van der Waals surface area contributed by atoms with Gasteiger partial charge in [-0.25, -0.2) is 0 Å². The maximum atomic E-state index is 11.6. The van der Waals surface area contributed by atoms with Crippen LogP contribution in [0.2, 0.25) is 0 Å². The molecule has 2 heterocycles. The summed E-state index contributed by atoms with van der Waals surface area (Å²) in [6.07, 6.45) is 0.414. The topological polar surface area (TPSA) is 85.3 Å². The van der Waals surface area contributed by atoms with Gasteiger partial charge in [0.05, 0.1) is 6.04 Å². The smallest absolute Gasteiger partial charge is 0.321 e. The van der Waals surface area contributed by atoms with E-state index in [2.05, 4.69) is 10.3 Å². The van der Waals surface area contributed by atoms with Crippen LogP contribution in [-0.2, 0) is 11.2 Å². The number of phenols is 1. The van der Waals surface area contributed by atoms with Gasteiger partial charge in [0, 0.05) is 28.6 Å². The van der Waals surface area contributed by atoms with Crippen molar-refractivity contribution in [3.05, 3.63) is 64.8 Å². The van der Waals surface area contributed by atoms with Crippen molar-refractivity contribution in [3.8, 4) is 5.75 Å². The second-order valence-corrected chi connectivity index (χ2v) is 6.32. The molecule has 0 radical (unpaired) electrons. The Morgan fingerprint density at radius 2 is 2.00 bits per heavy atom. The van der Waals surface area contributed by atoms with Crippen LogP contribution in [0.1, 0.15) is 28.4 Å². The van der Waals surface area contributed by atoms with Crippen molar-refractivity contribution < 1.29 is 15.0 Å². The van der Waals surface area contributed by atoms with Crippen molar-refractivity contribution in [2.45, 2.75) is 25.4 Å². The van der Waals surface area contributed by atoms with Crippen molar-refractivity contribution in [1.82, 2.24) is 10.3 Å². The van der Waals surface area contributed by atoms with Crippen LogP contribution < -0.4 is 5.32 Å². The fourth-order valence-corrected chi connectivity index (χ4v) is 3.54. The number of nitrogens with one attached hydrogen (secondary N) is 2. The molecule has 1 aromatic heterocycles. The largest absolute Gasteiger partial charge is 0.508 e. The van der Waals surface area contributed by atoms with Crippen LogP contribution in [0.3, 0.4) is 0 Å². The molecular formula is C19H18N2O3. The number of phenolic OH excluding ortho intramolecular Hbond substituents is 1. The van der Waals surface area contributed by atoms with E-state index in [0.29, 0.717) is 12.0 Å². The minimum Gasteiger partial charge on any atom is -0.508 e. The summed E-state index contributed by atoms with van der Waals surface area (Å²) in [7, 11) is 0. The van der Waals surface area contributed by atoms with E-state index in [9.17, 15) is 15.0 Å². The van der Waals surface area contributed by atoms with E-state index in [4.69, 9.17) is 0 Å². The van der Waals surface area contributed by atoms with Crippen molar-refractivity contribution in [3.63, 3.8) is 0 Å². The van der Waals surface area contributed by atoms with Gasteiger partial charge in [-0.15, -0.1) is 0 Å². The number of fused-ring (bicyclic) bond motifs is 3. The second kappa shape index (κ2) is 5.39. The second-order valence-electron chi connectivity index (χ2n) is 6.32. The van der Waals surface area contributed by atoms with Crippen molar-refractivity contribution in [2.24, 2.45) is 0 Å². The van der Waals surface area contributed by atoms with E-state index in [1.165, 1.54) is 0 Å². The fourth-order valence-electron chi connectivity index (χ4n) is 3.54. The molecule has 0 fully saturated rings. The number of benzene rings is 2. The van der Waals surface area contributed by atoms with Gasteiger partial charge in [0.1, 0.15) is 11.8 Å². The van der Waals surface area contributed by atoms with Crippen LogP contribution in [0.15, 0.2) is 42.5 Å². The summed E-state index contributed by atoms with van der Waals surface area (Å²) >= 11 is 0. The molecule has 2 atom stereocenters. The van der Waals surface area contributed by atoms with Gasteiger partial charge in [0.15, 0.2) is 0 Å². The van der Waals surface area contributed by atoms with E-state index in [0.717, 1.165) is 27.7 Å². The van der Waals surface area contributed by atoms with Crippen LogP contribution in [0.5, 0.6) is 5.75 Å². The summed E-state index contributed by atoms with van der Waals surface area (Å²) in [5.74, 6) is -0.725. The molecule has 2 aromatic carbocycles. The predicted octanol–water partition coefficient (Wildman–Crippen LogP) is 2.87. The van der Waals surface area contributed by atoms with Gasteiger partial charge >= 0.3 is 5.97 Å². The average molecular weight is 322 g/mol. The zero-order valence-electron chi connectivity index (χ0n) is 13.2. The Hall–Kier alpha value is -2.79. The van der Waals surface area contributed by atoms with E-state index in [1.807, 2.05) is 43.3 Å². The Kier molecular flexibility index (Phi) is 3.32. The Balaban J connectivity index is 1.94. The molecule has 0 amide bonds. The number of carboxylic acid groups (broad SMARTS) is 1. The van der Waals surface area contributed by atoms with E-state index < -0.39 is 12.0 Å². The lowest BCUT2D eigenvalue weighted by Crippen LogP contribution is -2.45. The van der Waals surface area contributed by atoms with Crippen LogP contribution in [-0.4, -0.2) is 27.2 Å². The van der Waals surface area contributed by atoms with Gasteiger partial charge < -0.3 is 15.2 Å². The first-order chi connectivity index (χ1) is 11.5. The predicted molar refractivity (Wildman–Crippen MR) is 91.2 cm³/mol. The maximum absolute atomic E-state index is 11.6. The highest BCUT2D eigenvalue weighted by Crippen LogP contribution is 2.38. The number of aliphatic carboxylic acids is 1. The molecule has 122 valence electrons. The molecule has 0 bridgehead atoms. The van der Waals surface area contributed by atoms with Gasteiger partial charge in [-0.2, -0.15) is 0 Å². The Morgan fingerprint density at radius 1 is 1.21 bits per heavy atom. The number of carbonyl (C=O) groups is 1. The first-order valence-electron chi connectivity index (χ1n) is 7.92. The van der Waals surface area contributed by atoms with Crippen molar-refractivity contribution in [1.29, 1.82) is 0 Å². The lowest BCUT2D eigenvalue weighted by molar-refractivity contribution is -0.139. The molecule has 0 saturated heterocycles. The number of carboxylic acids is 1. The molecule has 24 heavy (non-hydrogen) atoms. The minimum absolute atomic E-state index is 0.161. The van der Waals surface area contributed by atoms with Crippen LogP contribution in [0.4, 0.5) is 0 Å². The van der Waals surface area contributed by atoms with E-state index >= 15 is 0 Å². The molecule has 5 heteroatoms. The van der Waals surface area contributed by atoms with Crippen LogP contribution >= 0.6 is 0 Å². The average Bonchev–Trinajstić information content (AvgIpc) is 2.95. The van der Waals surface area contributed by atoms with Gasteiger partial charge in [-0.1, -0.05) is 35.9 Å². The van der Waals surface area contributed by atoms with Crippen LogP contribution in [0, 0.1) is 6.92 Å². The zero-order chi connectivity index (χ0) is 16.8. The number of hydrogen-bond donors (Lipinski definition) is 4. The number of rotatable bonds is 2. The van der Waals surface area contributed by atoms with E-state index in [1.54, 1.807) is 6.07 Å². The quantitative estimate of drug-likeness (QED) is 0.584. The summed E-state index contributed by atoms with van der Waals surface area (Å²) in [6.45, 7) is 1.95. The number of para-hydroxylation sites is 1. The zero-order valence-corrected chi connectivity index (χ0v) is 13.2. The van der Waals surface area contributed by atoms with Gasteiger partial charge in [-0.05, 0) is 24.6 Å². The highest BCUT2D eigenvalue weighted by atomic mass is 16.4. The summed E-state index contributed by atoms with van der Waals surface area (Å²) in [5.41, 5.74) is 4.61. The van der Waals surface area contributed by atoms with Crippen molar-refractivity contribution in [2.75, 3.05) is 0 Å². The molecule has 0 unspecified atom stereocenters. The molecule has 5 nitrogen and oxygen atoms in total. The lowest BCUT2D eigenvalue weighted by atomic mass is 9.89. The highest BCUT2D eigenvalue weighted by Gasteiger charge is 2.34. The molecule has 4 N–H and O–H groups in total. The van der Waals surface area contributed by atoms with Crippen LogP contribution in [0.25, 0.3) is 10.9 Å². The van der Waals surface area contributed by atoms with Gasteiger partial charge in [0.2, 0.25) is 0 Å². The summed E-state index contributed by atoms with van der Waals surface area (Å²) in [5, 5.41) is 24.0. The molecule has 0 spiro atoms. The van der Waals surface area contributed by atoms with E-state index in [-0.39, 0.29) is 11.8 Å². The van der Waals surface area contributed by atoms with Gasteiger partial charge in [-0.3, -0.25) is 10.1 Å². The molecule has 1 aliphatic rings. The third-order valence-electron chi connectivity index (χ3n) is 4.70. The first-order valence-corrected chi connectivity index (χ1v) is 7.92. The Bertz CT molecular complexity index is 945. The minimum atomic E-state index is -0.886. The summed E-state index contributed by atoms with van der Waals surface area (Å²) < 4.78 is 0. The van der Waals surface area contributed by atoms with Crippen molar-refractivity contribution >= 4 is 16.9 Å². The molecular weight excluding hydrogens is 304 g/mol. The summed E-state index contributed by atoms with van der Waals surface area (Å²) in [4.78, 5) is 15.0. The fraction of sp³-hybridized carbons (Fsp3) is 0.211. The maximum Gasteiger partial charge on any atom is 0.321 e. The SMILES string of the molecule is Cc1ccc(O)c([C@H]2N[C@H](C(=O)O)Cc3c2[nH]c2ccccc32)c1. The molecule has 3 aromatic rings. The summed E-state index contributed by atoms with van der Waals surface area (Å²) in [6, 6.07) is 12.2. The number of hydrogen-bond acceptors (Lipinski definition) is 3. The molecule has 0 saturated carbocycles. The highest BCUT2D eigenvalue weighted by molar-refractivity contribution is 5.87. The third-order valence-corrected chi connectivity index (χ3v) is 4.70. The molecule has 4 rings (SSSR count). The molecule has 0 aliphatic carbocycles. The number of aromatic hydroxyl groups is 1. The van der Waals surface area contributed by atoms with Gasteiger partial charge in [0.25, 0.3) is 0 Å². The third kappa shape index (κ3) is 2.25. The lowest BCUT2D eigenvalue weighted by Gasteiger charge is -2.30. The normalized spacial score (nSPS) is 20.0.